The summed E-state index contributed by atoms with van der Waals surface area (Å²) in [5, 5.41) is 3.99. The van der Waals surface area contributed by atoms with Gasteiger partial charge in [-0.25, -0.2) is 13.9 Å². The van der Waals surface area contributed by atoms with Gasteiger partial charge in [-0.05, 0) is 19.1 Å². The molecule has 3 aromatic rings. The van der Waals surface area contributed by atoms with Gasteiger partial charge in [-0.3, -0.25) is 4.79 Å². The van der Waals surface area contributed by atoms with Crippen molar-refractivity contribution in [1.29, 1.82) is 0 Å². The van der Waals surface area contributed by atoms with Crippen LogP contribution >= 0.6 is 0 Å². The lowest BCUT2D eigenvalue weighted by Gasteiger charge is -1.99. The van der Waals surface area contributed by atoms with E-state index in [2.05, 4.69) is 15.1 Å². The number of halogens is 1. The number of imidazole rings is 1. The number of benzene rings is 1. The summed E-state index contributed by atoms with van der Waals surface area (Å²) in [6, 6.07) is 6.21. The Morgan fingerprint density at radius 2 is 2.11 bits per heavy atom. The molecule has 5 nitrogen and oxygen atoms in total. The highest BCUT2D eigenvalue weighted by molar-refractivity contribution is 5.76. The van der Waals surface area contributed by atoms with Crippen molar-refractivity contribution in [2.45, 2.75) is 6.92 Å². The zero-order valence-corrected chi connectivity index (χ0v) is 9.51. The lowest BCUT2D eigenvalue weighted by atomic mass is 10.1. The number of hydrogen-bond acceptors (Lipinski definition) is 3. The number of fused-ring (bicyclic) bond motifs is 1. The lowest BCUT2D eigenvalue weighted by molar-refractivity contribution is 0.631. The van der Waals surface area contributed by atoms with Crippen LogP contribution in [0.25, 0.3) is 16.8 Å². The van der Waals surface area contributed by atoms with Crippen molar-refractivity contribution in [2.75, 3.05) is 0 Å². The van der Waals surface area contributed by atoms with Crippen LogP contribution in [0.4, 0.5) is 4.39 Å². The predicted molar refractivity (Wildman–Crippen MR) is 63.7 cm³/mol. The van der Waals surface area contributed by atoms with Crippen molar-refractivity contribution < 1.29 is 4.39 Å². The molecule has 0 amide bonds. The van der Waals surface area contributed by atoms with Gasteiger partial charge < -0.3 is 4.98 Å². The highest BCUT2D eigenvalue weighted by atomic mass is 19.1. The Balaban J connectivity index is 2.45. The van der Waals surface area contributed by atoms with Gasteiger partial charge in [0.15, 0.2) is 5.52 Å². The van der Waals surface area contributed by atoms with Crippen LogP contribution in [0.3, 0.4) is 0 Å². The maximum atomic E-state index is 13.8. The van der Waals surface area contributed by atoms with Gasteiger partial charge in [0.2, 0.25) is 0 Å². The molecule has 3 rings (SSSR count). The summed E-state index contributed by atoms with van der Waals surface area (Å²) >= 11 is 0. The monoisotopic (exact) mass is 244 g/mol. The van der Waals surface area contributed by atoms with Gasteiger partial charge in [0.05, 0.1) is 0 Å². The van der Waals surface area contributed by atoms with Crippen LogP contribution in [0.15, 0.2) is 35.4 Å². The molecule has 0 aliphatic carbocycles. The first-order valence-electron chi connectivity index (χ1n) is 5.36. The first-order valence-corrected chi connectivity index (χ1v) is 5.36. The fourth-order valence-electron chi connectivity index (χ4n) is 1.92. The van der Waals surface area contributed by atoms with Crippen molar-refractivity contribution in [3.63, 3.8) is 0 Å². The number of aromatic amines is 1. The summed E-state index contributed by atoms with van der Waals surface area (Å²) in [5.41, 5.74) is 0.505. The topological polar surface area (TPSA) is 63.0 Å². The second-order valence-corrected chi connectivity index (χ2v) is 3.87. The van der Waals surface area contributed by atoms with E-state index >= 15 is 0 Å². The minimum Gasteiger partial charge on any atom is -0.310 e. The third-order valence-corrected chi connectivity index (χ3v) is 2.73. The van der Waals surface area contributed by atoms with Gasteiger partial charge in [-0.15, -0.1) is 0 Å². The van der Waals surface area contributed by atoms with E-state index in [1.807, 2.05) is 0 Å². The van der Waals surface area contributed by atoms with Crippen LogP contribution in [0.2, 0.25) is 0 Å². The van der Waals surface area contributed by atoms with Crippen LogP contribution < -0.4 is 5.56 Å². The predicted octanol–water partition coefficient (Wildman–Crippen LogP) is 1.53. The lowest BCUT2D eigenvalue weighted by Crippen LogP contribution is -2.11. The second-order valence-electron chi connectivity index (χ2n) is 3.87. The van der Waals surface area contributed by atoms with Gasteiger partial charge >= 0.3 is 0 Å². The number of aryl methyl sites for hydroxylation is 1. The first-order chi connectivity index (χ1) is 8.68. The minimum atomic E-state index is -0.416. The summed E-state index contributed by atoms with van der Waals surface area (Å²) in [4.78, 5) is 18.5. The summed E-state index contributed by atoms with van der Waals surface area (Å²) in [6.07, 6.45) is 1.29. The number of hydrogen-bond donors (Lipinski definition) is 1. The molecule has 90 valence electrons. The number of nitrogens with zero attached hydrogens (tertiary/aromatic N) is 3. The normalized spacial score (nSPS) is 11.0. The number of H-pyrrole nitrogens is 1. The molecule has 2 aromatic heterocycles. The molecule has 0 saturated heterocycles. The molecule has 0 fully saturated rings. The third kappa shape index (κ3) is 1.42. The van der Waals surface area contributed by atoms with Crippen molar-refractivity contribution >= 4 is 5.52 Å². The highest BCUT2D eigenvalue weighted by Gasteiger charge is 2.16. The number of aromatic nitrogens is 4. The quantitative estimate of drug-likeness (QED) is 0.706. The standard InChI is InChI=1S/C12H9FN4O/c1-7-16-10(8-4-2-3-5-9(8)13)11-12(18)14-6-15-17(7)11/h2-6H,1H3,(H,14,15,18). The van der Waals surface area contributed by atoms with Gasteiger partial charge in [0.25, 0.3) is 5.56 Å². The zero-order chi connectivity index (χ0) is 12.7. The summed E-state index contributed by atoms with van der Waals surface area (Å²) < 4.78 is 15.2. The molecule has 1 N–H and O–H groups in total. The second kappa shape index (κ2) is 3.76. The van der Waals surface area contributed by atoms with Crippen molar-refractivity contribution in [3.8, 4) is 11.3 Å². The Kier molecular flexibility index (Phi) is 2.22. The average molecular weight is 244 g/mol. The molecule has 18 heavy (non-hydrogen) atoms. The van der Waals surface area contributed by atoms with Gasteiger partial charge in [0.1, 0.15) is 23.7 Å². The molecule has 0 aliphatic rings. The smallest absolute Gasteiger partial charge is 0.277 e. The minimum absolute atomic E-state index is 0.250. The van der Waals surface area contributed by atoms with E-state index in [0.717, 1.165) is 0 Å². The molecule has 6 heteroatoms. The van der Waals surface area contributed by atoms with Gasteiger partial charge in [-0.1, -0.05) is 12.1 Å². The van der Waals surface area contributed by atoms with Crippen LogP contribution in [0.1, 0.15) is 5.82 Å². The van der Waals surface area contributed by atoms with Gasteiger partial charge in [0, 0.05) is 5.56 Å². The van der Waals surface area contributed by atoms with E-state index in [1.165, 1.54) is 16.9 Å². The Labute approximate surface area is 101 Å². The Bertz CT molecular complexity index is 790. The number of nitrogens with one attached hydrogen (secondary N) is 1. The maximum absolute atomic E-state index is 13.8. The van der Waals surface area contributed by atoms with Crippen molar-refractivity contribution in [1.82, 2.24) is 19.6 Å². The van der Waals surface area contributed by atoms with E-state index in [9.17, 15) is 9.18 Å². The average Bonchev–Trinajstić information content (AvgIpc) is 2.69. The van der Waals surface area contributed by atoms with E-state index in [4.69, 9.17) is 0 Å². The van der Waals surface area contributed by atoms with E-state index in [-0.39, 0.29) is 11.1 Å². The maximum Gasteiger partial charge on any atom is 0.277 e. The molecule has 2 heterocycles. The highest BCUT2D eigenvalue weighted by Crippen LogP contribution is 2.24. The molecule has 0 radical (unpaired) electrons. The van der Waals surface area contributed by atoms with Crippen LogP contribution in [0.5, 0.6) is 0 Å². The molecule has 0 unspecified atom stereocenters. The van der Waals surface area contributed by atoms with E-state index in [0.29, 0.717) is 17.1 Å². The fraction of sp³-hybridized carbons (Fsp3) is 0.0833. The molecular formula is C12H9FN4O. The SMILES string of the molecule is Cc1nc(-c2ccccc2F)c2c(=O)[nH]cnn12. The first kappa shape index (κ1) is 10.6. The number of rotatable bonds is 1. The summed E-state index contributed by atoms with van der Waals surface area (Å²) in [7, 11) is 0. The Hall–Kier alpha value is -2.50. The van der Waals surface area contributed by atoms with E-state index < -0.39 is 5.82 Å². The van der Waals surface area contributed by atoms with Crippen molar-refractivity contribution in [2.24, 2.45) is 0 Å². The fourth-order valence-corrected chi connectivity index (χ4v) is 1.92. The Morgan fingerprint density at radius 1 is 1.33 bits per heavy atom. The zero-order valence-electron chi connectivity index (χ0n) is 9.51. The molecular weight excluding hydrogens is 235 g/mol. The van der Waals surface area contributed by atoms with Gasteiger partial charge in [-0.2, -0.15) is 5.10 Å². The van der Waals surface area contributed by atoms with E-state index in [1.54, 1.807) is 25.1 Å². The molecule has 1 aromatic carbocycles. The summed E-state index contributed by atoms with van der Waals surface area (Å²) in [6.45, 7) is 1.71. The molecule has 0 aliphatic heterocycles. The third-order valence-electron chi connectivity index (χ3n) is 2.73. The van der Waals surface area contributed by atoms with Crippen LogP contribution in [-0.2, 0) is 0 Å². The molecule has 0 spiro atoms. The Morgan fingerprint density at radius 3 is 2.89 bits per heavy atom. The van der Waals surface area contributed by atoms with Crippen molar-refractivity contribution in [3.05, 3.63) is 52.6 Å². The van der Waals surface area contributed by atoms with Crippen LogP contribution in [-0.4, -0.2) is 19.6 Å². The van der Waals surface area contributed by atoms with Crippen LogP contribution in [0, 0.1) is 12.7 Å². The molecule has 0 atom stereocenters. The summed E-state index contributed by atoms with van der Waals surface area (Å²) in [5.74, 6) is 0.120. The molecule has 0 bridgehead atoms. The largest absolute Gasteiger partial charge is 0.310 e. The molecule has 0 saturated carbocycles.